The van der Waals surface area contributed by atoms with Gasteiger partial charge in [0.05, 0.1) is 11.3 Å². The summed E-state index contributed by atoms with van der Waals surface area (Å²) >= 11 is 0. The molecule has 2 aromatic carbocycles. The van der Waals surface area contributed by atoms with Crippen molar-refractivity contribution in [1.29, 1.82) is 0 Å². The summed E-state index contributed by atoms with van der Waals surface area (Å²) in [6.45, 7) is 7.11. The number of likely N-dealkylation sites (tertiary alicyclic amines) is 2. The number of rotatable bonds is 5. The lowest BCUT2D eigenvalue weighted by Gasteiger charge is -2.30. The first-order chi connectivity index (χ1) is 15.6. The lowest BCUT2D eigenvalue weighted by molar-refractivity contribution is 0.0762. The van der Waals surface area contributed by atoms with Crippen LogP contribution in [0.4, 0.5) is 5.69 Å². The van der Waals surface area contributed by atoms with E-state index in [9.17, 15) is 9.59 Å². The van der Waals surface area contributed by atoms with Crippen LogP contribution >= 0.6 is 0 Å². The fraction of sp³-hybridized carbons (Fsp3) is 0.481. The van der Waals surface area contributed by atoms with Gasteiger partial charge in [-0.25, -0.2) is 0 Å². The van der Waals surface area contributed by atoms with Crippen molar-refractivity contribution in [2.24, 2.45) is 5.92 Å². The molecule has 4 rings (SSSR count). The molecule has 2 aliphatic rings. The van der Waals surface area contributed by atoms with Gasteiger partial charge in [-0.3, -0.25) is 14.5 Å². The van der Waals surface area contributed by atoms with Crippen molar-refractivity contribution in [3.05, 3.63) is 65.2 Å². The maximum atomic E-state index is 13.1. The number of nitrogens with zero attached hydrogens (tertiary/aromatic N) is 2. The van der Waals surface area contributed by atoms with Gasteiger partial charge in [0.25, 0.3) is 11.8 Å². The Hall–Kier alpha value is -2.66. The Labute approximate surface area is 191 Å². The lowest BCUT2D eigenvalue weighted by atomic mass is 9.99. The number of hydrogen-bond donors (Lipinski definition) is 1. The van der Waals surface area contributed by atoms with Gasteiger partial charge < -0.3 is 10.2 Å². The Morgan fingerprint density at radius 2 is 1.62 bits per heavy atom. The molecule has 0 aliphatic carbocycles. The number of nitrogens with one attached hydrogen (secondary N) is 1. The third kappa shape index (κ3) is 5.77. The molecule has 2 saturated heterocycles. The van der Waals surface area contributed by atoms with E-state index in [1.807, 2.05) is 53.4 Å². The van der Waals surface area contributed by atoms with Crippen LogP contribution in [0.2, 0.25) is 0 Å². The fourth-order valence-electron chi connectivity index (χ4n) is 4.87. The summed E-state index contributed by atoms with van der Waals surface area (Å²) < 4.78 is 0. The maximum Gasteiger partial charge on any atom is 0.255 e. The van der Waals surface area contributed by atoms with Crippen LogP contribution in [0.1, 0.15) is 71.7 Å². The summed E-state index contributed by atoms with van der Waals surface area (Å²) in [5.74, 6) is 0.582. The number of carbonyl (C=O) groups is 2. The first-order valence-electron chi connectivity index (χ1n) is 12.1. The summed E-state index contributed by atoms with van der Waals surface area (Å²) in [5.41, 5.74) is 2.99. The van der Waals surface area contributed by atoms with E-state index in [1.54, 1.807) is 0 Å². The SMILES string of the molecule is C[C@@H]1CCCN(Cc2ccc(C(=O)Nc3ccccc3C(=O)N3CCCCCC3)cc2)C1. The quantitative estimate of drug-likeness (QED) is 0.706. The highest BCUT2D eigenvalue weighted by molar-refractivity contribution is 6.09. The summed E-state index contributed by atoms with van der Waals surface area (Å²) in [7, 11) is 0. The number of benzene rings is 2. The van der Waals surface area contributed by atoms with E-state index in [0.717, 1.165) is 51.5 Å². The first kappa shape index (κ1) is 22.5. The Bertz CT molecular complexity index is 917. The smallest absolute Gasteiger partial charge is 0.255 e. The second-order valence-electron chi connectivity index (χ2n) is 9.39. The van der Waals surface area contributed by atoms with Gasteiger partial charge in [0.2, 0.25) is 0 Å². The minimum atomic E-state index is -0.181. The van der Waals surface area contributed by atoms with Crippen molar-refractivity contribution in [2.75, 3.05) is 31.5 Å². The van der Waals surface area contributed by atoms with Crippen LogP contribution in [0.5, 0.6) is 0 Å². The number of piperidine rings is 1. The van der Waals surface area contributed by atoms with Gasteiger partial charge in [0.15, 0.2) is 0 Å². The first-order valence-corrected chi connectivity index (χ1v) is 12.1. The van der Waals surface area contributed by atoms with E-state index < -0.39 is 0 Å². The Kier molecular flexibility index (Phi) is 7.59. The number of para-hydroxylation sites is 1. The molecule has 2 aliphatic heterocycles. The minimum absolute atomic E-state index is 0.00825. The van der Waals surface area contributed by atoms with Gasteiger partial charge >= 0.3 is 0 Å². The molecule has 1 N–H and O–H groups in total. The molecule has 5 heteroatoms. The molecule has 2 amide bonds. The summed E-state index contributed by atoms with van der Waals surface area (Å²) in [6.07, 6.45) is 7.02. The van der Waals surface area contributed by atoms with E-state index in [1.165, 1.54) is 31.2 Å². The van der Waals surface area contributed by atoms with E-state index in [4.69, 9.17) is 0 Å². The highest BCUT2D eigenvalue weighted by Gasteiger charge is 2.21. The van der Waals surface area contributed by atoms with Gasteiger partial charge in [-0.05, 0) is 68.0 Å². The summed E-state index contributed by atoms with van der Waals surface area (Å²) in [4.78, 5) is 30.5. The number of amides is 2. The molecule has 0 radical (unpaired) electrons. The third-order valence-electron chi connectivity index (χ3n) is 6.66. The fourth-order valence-corrected chi connectivity index (χ4v) is 4.87. The Balaban J connectivity index is 1.41. The van der Waals surface area contributed by atoms with Gasteiger partial charge in [-0.2, -0.15) is 0 Å². The molecule has 5 nitrogen and oxygen atoms in total. The zero-order valence-corrected chi connectivity index (χ0v) is 19.2. The van der Waals surface area contributed by atoms with Crippen LogP contribution in [0, 0.1) is 5.92 Å². The van der Waals surface area contributed by atoms with Crippen molar-refractivity contribution >= 4 is 17.5 Å². The predicted molar refractivity (Wildman–Crippen MR) is 129 cm³/mol. The molecule has 2 heterocycles. The van der Waals surface area contributed by atoms with Crippen LogP contribution in [-0.2, 0) is 6.54 Å². The predicted octanol–water partition coefficient (Wildman–Crippen LogP) is 5.19. The van der Waals surface area contributed by atoms with Crippen molar-refractivity contribution in [1.82, 2.24) is 9.80 Å². The molecule has 2 aromatic rings. The second-order valence-corrected chi connectivity index (χ2v) is 9.39. The largest absolute Gasteiger partial charge is 0.339 e. The third-order valence-corrected chi connectivity index (χ3v) is 6.66. The number of anilines is 1. The molecule has 0 saturated carbocycles. The molecular formula is C27H35N3O2. The van der Waals surface area contributed by atoms with Gasteiger partial charge in [0.1, 0.15) is 0 Å². The zero-order valence-electron chi connectivity index (χ0n) is 19.2. The lowest BCUT2D eigenvalue weighted by Crippen LogP contribution is -2.33. The minimum Gasteiger partial charge on any atom is -0.339 e. The summed E-state index contributed by atoms with van der Waals surface area (Å²) in [5, 5.41) is 2.97. The number of carbonyl (C=O) groups excluding carboxylic acids is 2. The average molecular weight is 434 g/mol. The summed E-state index contributed by atoms with van der Waals surface area (Å²) in [6, 6.07) is 15.2. The molecule has 0 aromatic heterocycles. The van der Waals surface area contributed by atoms with Gasteiger partial charge in [-0.1, -0.05) is 44.0 Å². The van der Waals surface area contributed by atoms with Crippen molar-refractivity contribution in [3.8, 4) is 0 Å². The molecule has 32 heavy (non-hydrogen) atoms. The molecule has 170 valence electrons. The monoisotopic (exact) mass is 433 g/mol. The molecule has 0 bridgehead atoms. The zero-order chi connectivity index (χ0) is 22.3. The molecule has 0 spiro atoms. The highest BCUT2D eigenvalue weighted by Crippen LogP contribution is 2.22. The molecule has 1 atom stereocenters. The van der Waals surface area contributed by atoms with Crippen LogP contribution in [0.3, 0.4) is 0 Å². The van der Waals surface area contributed by atoms with Crippen LogP contribution in [0.15, 0.2) is 48.5 Å². The normalized spacial score (nSPS) is 19.9. The van der Waals surface area contributed by atoms with E-state index >= 15 is 0 Å². The highest BCUT2D eigenvalue weighted by atomic mass is 16.2. The van der Waals surface area contributed by atoms with E-state index in [0.29, 0.717) is 16.8 Å². The average Bonchev–Trinajstić information content (AvgIpc) is 3.09. The molecule has 0 unspecified atom stereocenters. The maximum absolute atomic E-state index is 13.1. The van der Waals surface area contributed by atoms with Crippen molar-refractivity contribution < 1.29 is 9.59 Å². The van der Waals surface area contributed by atoms with Crippen molar-refractivity contribution in [2.45, 2.75) is 52.0 Å². The standard InChI is InChI=1S/C27H35N3O2/c1-21-9-8-16-29(19-21)20-22-12-14-23(15-13-22)26(31)28-25-11-5-4-10-24(25)27(32)30-17-6-2-3-7-18-30/h4-5,10-15,21H,2-3,6-9,16-20H2,1H3,(H,28,31)/t21-/m1/s1. The van der Waals surface area contributed by atoms with E-state index in [-0.39, 0.29) is 11.8 Å². The molecular weight excluding hydrogens is 398 g/mol. The number of hydrogen-bond acceptors (Lipinski definition) is 3. The van der Waals surface area contributed by atoms with Gasteiger partial charge in [0, 0.05) is 31.7 Å². The van der Waals surface area contributed by atoms with Crippen molar-refractivity contribution in [3.63, 3.8) is 0 Å². The van der Waals surface area contributed by atoms with Crippen LogP contribution < -0.4 is 5.32 Å². The Morgan fingerprint density at radius 3 is 2.34 bits per heavy atom. The van der Waals surface area contributed by atoms with Gasteiger partial charge in [-0.15, -0.1) is 0 Å². The van der Waals surface area contributed by atoms with E-state index in [2.05, 4.69) is 17.1 Å². The molecule has 2 fully saturated rings. The topological polar surface area (TPSA) is 52.7 Å². The second kappa shape index (κ2) is 10.8. The Morgan fingerprint density at radius 1 is 0.906 bits per heavy atom. The van der Waals surface area contributed by atoms with Crippen LogP contribution in [-0.4, -0.2) is 47.8 Å². The van der Waals surface area contributed by atoms with Crippen LogP contribution in [0.25, 0.3) is 0 Å².